The number of thioether (sulfide) groups is 1. The van der Waals surface area contributed by atoms with Crippen LogP contribution in [-0.2, 0) is 32.2 Å². The highest BCUT2D eigenvalue weighted by Crippen LogP contribution is 2.40. The molecule has 4 rings (SSSR count). The maximum Gasteiger partial charge on any atom is 0.352 e. The number of aliphatic hydroxyl groups excluding tert-OH is 1. The minimum atomic E-state index is -1.22. The van der Waals surface area contributed by atoms with Crippen LogP contribution in [0.25, 0.3) is 0 Å². The zero-order valence-corrected chi connectivity index (χ0v) is 20.8. The minimum Gasteiger partial charge on any atom is -0.477 e. The molecule has 0 radical (unpaired) electrons. The number of carboxylic acid groups (broad SMARTS) is 1. The molecule has 190 valence electrons. The lowest BCUT2D eigenvalue weighted by Gasteiger charge is -2.49. The summed E-state index contributed by atoms with van der Waals surface area (Å²) < 4.78 is 5.79. The van der Waals surface area contributed by atoms with Crippen molar-refractivity contribution in [1.82, 2.24) is 19.6 Å². The first-order valence-electron chi connectivity index (χ1n) is 10.9. The van der Waals surface area contributed by atoms with Crippen LogP contribution < -0.4 is 15.6 Å². The molecule has 4 heterocycles. The van der Waals surface area contributed by atoms with E-state index in [1.165, 1.54) is 16.7 Å². The molecule has 2 aliphatic heterocycles. The first-order valence-corrected chi connectivity index (χ1v) is 12.8. The van der Waals surface area contributed by atoms with Gasteiger partial charge in [0, 0.05) is 47.5 Å². The van der Waals surface area contributed by atoms with Crippen LogP contribution in [0.3, 0.4) is 0 Å². The highest BCUT2D eigenvalue weighted by Gasteiger charge is 2.54. The summed E-state index contributed by atoms with van der Waals surface area (Å²) in [6.07, 6.45) is 4.11. The number of aliphatic carboxylic acids is 1. The lowest BCUT2D eigenvalue weighted by Crippen LogP contribution is -2.71. The number of nitrogen functional groups attached to an aromatic ring is 1. The van der Waals surface area contributed by atoms with E-state index in [4.69, 9.17) is 10.6 Å². The van der Waals surface area contributed by atoms with Crippen LogP contribution in [0.2, 0.25) is 0 Å². The average molecular weight is 535 g/mol. The summed E-state index contributed by atoms with van der Waals surface area (Å²) in [5, 5.41) is 25.0. The Kier molecular flexibility index (Phi) is 7.81. The summed E-state index contributed by atoms with van der Waals surface area (Å²) in [4.78, 5) is 48.2. The molecule has 2 aromatic rings. The zero-order chi connectivity index (χ0) is 25.8. The maximum atomic E-state index is 13.0. The number of amides is 2. The summed E-state index contributed by atoms with van der Waals surface area (Å²) in [5.74, 6) is -2.18. The Labute approximate surface area is 213 Å². The topological polar surface area (TPSA) is 184 Å². The Morgan fingerprint density at radius 2 is 2.25 bits per heavy atom. The van der Waals surface area contributed by atoms with Gasteiger partial charge in [-0.25, -0.2) is 9.36 Å². The number of hydrogen-bond acceptors (Lipinski definition) is 11. The molecule has 1 saturated heterocycles. The number of nitrogens with two attached hydrogens (primary N) is 1. The summed E-state index contributed by atoms with van der Waals surface area (Å²) in [6, 6.07) is 2.73. The second-order valence-corrected chi connectivity index (χ2v) is 9.68. The van der Waals surface area contributed by atoms with Crippen LogP contribution in [0.15, 0.2) is 41.0 Å². The van der Waals surface area contributed by atoms with Crippen molar-refractivity contribution in [3.05, 3.63) is 47.2 Å². The monoisotopic (exact) mass is 534 g/mol. The molecule has 2 aromatic heterocycles. The average Bonchev–Trinajstić information content (AvgIpc) is 3.28. The number of fused-ring (bicyclic) bond motifs is 1. The number of nitrogens with one attached hydrogen (secondary N) is 1. The first kappa shape index (κ1) is 25.5. The van der Waals surface area contributed by atoms with E-state index >= 15 is 0 Å². The van der Waals surface area contributed by atoms with Crippen molar-refractivity contribution in [3.8, 4) is 0 Å². The van der Waals surface area contributed by atoms with Crippen LogP contribution in [0.4, 0.5) is 5.13 Å². The molecule has 2 atom stereocenters. The van der Waals surface area contributed by atoms with E-state index in [0.29, 0.717) is 17.7 Å². The fraction of sp³-hybridized carbons (Fsp3) is 0.381. The lowest BCUT2D eigenvalue weighted by atomic mass is 10.0. The summed E-state index contributed by atoms with van der Waals surface area (Å²) in [7, 11) is 0. The molecule has 2 aliphatic rings. The predicted molar refractivity (Wildman–Crippen MR) is 130 cm³/mol. The standard InChI is InChI=1S/C21H23N7O6S2/c1-2-34-25-13(16-24-21(22)36-26-16)17(30)23-14-18(31)28-15(20(32)33)12(10-35-19(14)28)9-27-6-3-4-11(8-27)5-7-29/h3-4,6,8,14,19,29H,2,5,7,9-10H2,1H3,(H3-,22,23,24,26,30,32,33)/p+1/t14?,19-/m0/s1. The van der Waals surface area contributed by atoms with Gasteiger partial charge in [-0.1, -0.05) is 5.16 Å². The highest BCUT2D eigenvalue weighted by molar-refractivity contribution is 8.00. The molecule has 0 bridgehead atoms. The fourth-order valence-corrected chi connectivity index (χ4v) is 5.60. The van der Waals surface area contributed by atoms with Gasteiger partial charge in [0.2, 0.25) is 11.5 Å². The Hall–Kier alpha value is -3.56. The van der Waals surface area contributed by atoms with Gasteiger partial charge in [-0.05, 0) is 13.0 Å². The zero-order valence-electron chi connectivity index (χ0n) is 19.2. The van der Waals surface area contributed by atoms with Crippen LogP contribution >= 0.6 is 23.3 Å². The van der Waals surface area contributed by atoms with E-state index < -0.39 is 29.2 Å². The van der Waals surface area contributed by atoms with Crippen molar-refractivity contribution < 1.29 is 34.0 Å². The molecule has 36 heavy (non-hydrogen) atoms. The minimum absolute atomic E-state index is 0.00289. The van der Waals surface area contributed by atoms with Crippen molar-refractivity contribution in [3.63, 3.8) is 0 Å². The summed E-state index contributed by atoms with van der Waals surface area (Å²) in [6.45, 7) is 2.15. The van der Waals surface area contributed by atoms with Gasteiger partial charge >= 0.3 is 5.97 Å². The largest absolute Gasteiger partial charge is 0.477 e. The quantitative estimate of drug-likeness (QED) is 0.129. The third kappa shape index (κ3) is 5.17. The molecule has 1 fully saturated rings. The third-order valence-corrected chi connectivity index (χ3v) is 7.27. The molecule has 0 saturated carbocycles. The van der Waals surface area contributed by atoms with Gasteiger partial charge in [0.05, 0.1) is 0 Å². The predicted octanol–water partition coefficient (Wildman–Crippen LogP) is -0.878. The van der Waals surface area contributed by atoms with E-state index in [0.717, 1.165) is 17.1 Å². The molecule has 5 N–H and O–H groups in total. The van der Waals surface area contributed by atoms with Crippen molar-refractivity contribution in [1.29, 1.82) is 0 Å². The van der Waals surface area contributed by atoms with Crippen molar-refractivity contribution in [2.24, 2.45) is 5.16 Å². The molecule has 0 spiro atoms. The van der Waals surface area contributed by atoms with E-state index in [2.05, 4.69) is 19.8 Å². The van der Waals surface area contributed by atoms with Crippen molar-refractivity contribution in [2.75, 3.05) is 24.7 Å². The van der Waals surface area contributed by atoms with E-state index in [9.17, 15) is 24.6 Å². The number of carbonyl (C=O) groups excluding carboxylic acids is 2. The smallest absolute Gasteiger partial charge is 0.352 e. The van der Waals surface area contributed by atoms with Gasteiger partial charge < -0.3 is 26.1 Å². The van der Waals surface area contributed by atoms with Crippen LogP contribution in [0.5, 0.6) is 0 Å². The Bertz CT molecular complexity index is 1250. The summed E-state index contributed by atoms with van der Waals surface area (Å²) >= 11 is 2.24. The van der Waals surface area contributed by atoms with Gasteiger partial charge in [-0.2, -0.15) is 9.36 Å². The van der Waals surface area contributed by atoms with E-state index in [-0.39, 0.29) is 42.1 Å². The molecule has 2 amide bonds. The van der Waals surface area contributed by atoms with E-state index in [1.54, 1.807) is 13.1 Å². The van der Waals surface area contributed by atoms with Crippen LogP contribution in [0.1, 0.15) is 18.3 Å². The van der Waals surface area contributed by atoms with E-state index in [1.807, 2.05) is 22.9 Å². The van der Waals surface area contributed by atoms with Crippen LogP contribution in [-0.4, -0.2) is 78.3 Å². The van der Waals surface area contributed by atoms with Gasteiger partial charge in [0.15, 0.2) is 24.1 Å². The lowest BCUT2D eigenvalue weighted by molar-refractivity contribution is -0.689. The molecule has 1 unspecified atom stereocenters. The van der Waals surface area contributed by atoms with Crippen molar-refractivity contribution >= 4 is 51.9 Å². The van der Waals surface area contributed by atoms with Crippen LogP contribution in [0, 0.1) is 0 Å². The molecular weight excluding hydrogens is 510 g/mol. The summed E-state index contributed by atoms with van der Waals surface area (Å²) in [5.41, 5.74) is 6.75. The number of β-lactam (4-membered cyclic amide) rings is 1. The molecule has 0 aliphatic carbocycles. The van der Waals surface area contributed by atoms with Gasteiger partial charge in [0.1, 0.15) is 23.7 Å². The number of rotatable bonds is 10. The van der Waals surface area contributed by atoms with Crippen molar-refractivity contribution in [2.45, 2.75) is 31.3 Å². The number of nitrogens with zero attached hydrogens (tertiary/aromatic N) is 5. The number of oxime groups is 1. The first-order chi connectivity index (χ1) is 17.3. The van der Waals surface area contributed by atoms with Gasteiger partial charge in [-0.3, -0.25) is 14.5 Å². The number of carboxylic acids is 1. The number of hydrogen-bond donors (Lipinski definition) is 4. The Balaban J connectivity index is 1.52. The number of aromatic nitrogens is 3. The Morgan fingerprint density at radius 3 is 2.92 bits per heavy atom. The number of pyridine rings is 1. The third-order valence-electron chi connectivity index (χ3n) is 5.38. The number of anilines is 1. The molecule has 0 aromatic carbocycles. The van der Waals surface area contributed by atoms with Gasteiger partial charge in [-0.15, -0.1) is 11.8 Å². The van der Waals surface area contributed by atoms with Gasteiger partial charge in [0.25, 0.3) is 11.8 Å². The molecule has 13 nitrogen and oxygen atoms in total. The molecular formula is C21H24N7O6S2+. The Morgan fingerprint density at radius 1 is 1.44 bits per heavy atom. The fourth-order valence-electron chi connectivity index (χ4n) is 3.83. The molecule has 15 heteroatoms. The second kappa shape index (κ2) is 11.0. The number of carbonyl (C=O) groups is 3. The normalized spacial score (nSPS) is 19.6. The number of aliphatic hydroxyl groups is 1. The second-order valence-electron chi connectivity index (χ2n) is 7.79. The maximum absolute atomic E-state index is 13.0. The SMILES string of the molecule is CCON=C(C(=O)NC1C(=O)N2C(C(=O)O)=C(C[n+]3cccc(CCO)c3)CS[C@@H]12)c1nsc(N)n1. The highest BCUT2D eigenvalue weighted by atomic mass is 32.2.